The first-order valence-electron chi connectivity index (χ1n) is 8.55. The number of rotatable bonds is 4. The Bertz CT molecular complexity index is 474. The lowest BCUT2D eigenvalue weighted by Gasteiger charge is -2.21. The number of hydrogen-bond acceptors (Lipinski definition) is 4. The van der Waals surface area contributed by atoms with E-state index in [4.69, 9.17) is 0 Å². The summed E-state index contributed by atoms with van der Waals surface area (Å²) < 4.78 is 0. The Hall–Kier alpha value is -1.62. The molecule has 0 bridgehead atoms. The second-order valence-electron chi connectivity index (χ2n) is 6.31. The minimum absolute atomic E-state index is 0.0244. The molecule has 2 aliphatic rings. The number of carbonyl (C=O) groups excluding carboxylic acids is 1. The first-order chi connectivity index (χ1) is 10.8. The molecule has 2 N–H and O–H groups in total. The predicted molar refractivity (Wildman–Crippen MR) is 88.3 cm³/mol. The zero-order valence-corrected chi connectivity index (χ0v) is 13.2. The summed E-state index contributed by atoms with van der Waals surface area (Å²) in [6.07, 6.45) is 9.14. The van der Waals surface area contributed by atoms with Crippen LogP contribution in [0.5, 0.6) is 0 Å². The van der Waals surface area contributed by atoms with Crippen LogP contribution in [0, 0.1) is 0 Å². The highest BCUT2D eigenvalue weighted by atomic mass is 16.1. The van der Waals surface area contributed by atoms with Gasteiger partial charge in [0, 0.05) is 31.9 Å². The van der Waals surface area contributed by atoms with Crippen LogP contribution >= 0.6 is 0 Å². The van der Waals surface area contributed by atoms with Gasteiger partial charge in [0.1, 0.15) is 5.82 Å². The van der Waals surface area contributed by atoms with Crippen molar-refractivity contribution in [3.8, 4) is 0 Å². The number of hydrogen-bond donors (Lipinski definition) is 2. The molecule has 2 aliphatic heterocycles. The van der Waals surface area contributed by atoms with Gasteiger partial charge in [-0.2, -0.15) is 0 Å². The summed E-state index contributed by atoms with van der Waals surface area (Å²) in [5.74, 6) is 0.972. The molecule has 0 aromatic carbocycles. The Kier molecular flexibility index (Phi) is 5.27. The highest BCUT2D eigenvalue weighted by Crippen LogP contribution is 2.17. The van der Waals surface area contributed by atoms with E-state index in [1.165, 1.54) is 32.1 Å². The molecule has 5 heteroatoms. The fourth-order valence-corrected chi connectivity index (χ4v) is 3.26. The van der Waals surface area contributed by atoms with Gasteiger partial charge in [-0.15, -0.1) is 0 Å². The molecule has 1 aromatic heterocycles. The van der Waals surface area contributed by atoms with Crippen molar-refractivity contribution >= 4 is 11.7 Å². The first kappa shape index (κ1) is 15.3. The molecule has 2 fully saturated rings. The highest BCUT2D eigenvalue weighted by molar-refractivity contribution is 5.94. The summed E-state index contributed by atoms with van der Waals surface area (Å²) in [6, 6.07) is 4.30. The lowest BCUT2D eigenvalue weighted by atomic mass is 10.2. The smallest absolute Gasteiger partial charge is 0.252 e. The topological polar surface area (TPSA) is 57.3 Å². The molecule has 1 amide bonds. The molecule has 1 atom stereocenters. The lowest BCUT2D eigenvalue weighted by Crippen LogP contribution is -2.37. The summed E-state index contributed by atoms with van der Waals surface area (Å²) in [4.78, 5) is 19.0. The minimum Gasteiger partial charge on any atom is -0.357 e. The largest absolute Gasteiger partial charge is 0.357 e. The van der Waals surface area contributed by atoms with Gasteiger partial charge >= 0.3 is 0 Å². The van der Waals surface area contributed by atoms with Crippen LogP contribution in [0.15, 0.2) is 18.3 Å². The van der Waals surface area contributed by atoms with Crippen LogP contribution < -0.4 is 15.5 Å². The lowest BCUT2D eigenvalue weighted by molar-refractivity contribution is 0.0950. The van der Waals surface area contributed by atoms with Crippen LogP contribution in [0.1, 0.15) is 48.9 Å². The summed E-state index contributed by atoms with van der Waals surface area (Å²) in [5, 5.41) is 6.38. The maximum Gasteiger partial charge on any atom is 0.252 e. The van der Waals surface area contributed by atoms with E-state index in [1.807, 2.05) is 12.1 Å². The monoisotopic (exact) mass is 302 g/mol. The zero-order valence-electron chi connectivity index (χ0n) is 13.2. The molecule has 0 radical (unpaired) electrons. The summed E-state index contributed by atoms with van der Waals surface area (Å²) >= 11 is 0. The quantitative estimate of drug-likeness (QED) is 0.892. The molecule has 120 valence electrons. The van der Waals surface area contributed by atoms with Crippen molar-refractivity contribution < 1.29 is 4.79 Å². The molecule has 0 aliphatic carbocycles. The van der Waals surface area contributed by atoms with Crippen molar-refractivity contribution in [1.82, 2.24) is 15.6 Å². The Morgan fingerprint density at radius 1 is 1.23 bits per heavy atom. The van der Waals surface area contributed by atoms with Gasteiger partial charge in [-0.05, 0) is 44.4 Å². The Balaban J connectivity index is 1.54. The van der Waals surface area contributed by atoms with Gasteiger partial charge in [0.05, 0.1) is 5.56 Å². The van der Waals surface area contributed by atoms with E-state index >= 15 is 0 Å². The van der Waals surface area contributed by atoms with Gasteiger partial charge in [0.15, 0.2) is 0 Å². The van der Waals surface area contributed by atoms with Gasteiger partial charge in [-0.1, -0.05) is 12.8 Å². The van der Waals surface area contributed by atoms with Crippen molar-refractivity contribution in [2.75, 3.05) is 31.1 Å². The van der Waals surface area contributed by atoms with Crippen LogP contribution in [-0.4, -0.2) is 43.1 Å². The summed E-state index contributed by atoms with van der Waals surface area (Å²) in [5.41, 5.74) is 0.650. The number of pyridine rings is 1. The number of amides is 1. The Labute approximate surface area is 132 Å². The minimum atomic E-state index is -0.0244. The maximum absolute atomic E-state index is 12.2. The Morgan fingerprint density at radius 2 is 2.05 bits per heavy atom. The SMILES string of the molecule is O=C(NCC1CCCN1)c1ccc(N2CCCCCC2)nc1. The van der Waals surface area contributed by atoms with E-state index in [1.54, 1.807) is 6.20 Å². The summed E-state index contributed by atoms with van der Waals surface area (Å²) in [6.45, 7) is 3.91. The fraction of sp³-hybridized carbons (Fsp3) is 0.647. The molecule has 0 spiro atoms. The van der Waals surface area contributed by atoms with E-state index < -0.39 is 0 Å². The van der Waals surface area contributed by atoms with Gasteiger partial charge in [-0.25, -0.2) is 4.98 Å². The molecule has 2 saturated heterocycles. The number of anilines is 1. The first-order valence-corrected chi connectivity index (χ1v) is 8.55. The molecule has 3 heterocycles. The van der Waals surface area contributed by atoms with Crippen LogP contribution in [0.4, 0.5) is 5.82 Å². The van der Waals surface area contributed by atoms with Gasteiger partial charge in [0.2, 0.25) is 0 Å². The van der Waals surface area contributed by atoms with Crippen LogP contribution in [0.25, 0.3) is 0 Å². The van der Waals surface area contributed by atoms with E-state index in [2.05, 4.69) is 20.5 Å². The molecule has 1 aromatic rings. The second kappa shape index (κ2) is 7.58. The average Bonchev–Trinajstić information content (AvgIpc) is 2.93. The number of nitrogens with zero attached hydrogens (tertiary/aromatic N) is 2. The third-order valence-electron chi connectivity index (χ3n) is 4.61. The predicted octanol–water partition coefficient (Wildman–Crippen LogP) is 1.94. The number of nitrogens with one attached hydrogen (secondary N) is 2. The molecule has 1 unspecified atom stereocenters. The van der Waals surface area contributed by atoms with Gasteiger partial charge in [-0.3, -0.25) is 4.79 Å². The fourth-order valence-electron chi connectivity index (χ4n) is 3.26. The van der Waals surface area contributed by atoms with Crippen LogP contribution in [-0.2, 0) is 0 Å². The van der Waals surface area contributed by atoms with E-state index in [-0.39, 0.29) is 5.91 Å². The molecule has 0 saturated carbocycles. The Morgan fingerprint density at radius 3 is 2.68 bits per heavy atom. The van der Waals surface area contributed by atoms with E-state index in [0.717, 1.165) is 31.9 Å². The average molecular weight is 302 g/mol. The molecular formula is C17H26N4O. The second-order valence-corrected chi connectivity index (χ2v) is 6.31. The third-order valence-corrected chi connectivity index (χ3v) is 4.61. The molecule has 3 rings (SSSR count). The van der Waals surface area contributed by atoms with Gasteiger partial charge < -0.3 is 15.5 Å². The van der Waals surface area contributed by atoms with Crippen molar-refractivity contribution in [3.63, 3.8) is 0 Å². The van der Waals surface area contributed by atoms with E-state index in [9.17, 15) is 4.79 Å². The van der Waals surface area contributed by atoms with Crippen molar-refractivity contribution in [2.24, 2.45) is 0 Å². The van der Waals surface area contributed by atoms with Gasteiger partial charge in [0.25, 0.3) is 5.91 Å². The van der Waals surface area contributed by atoms with Crippen molar-refractivity contribution in [1.29, 1.82) is 0 Å². The standard InChI is InChI=1S/C17H26N4O/c22-17(20-13-15-6-5-9-18-15)14-7-8-16(19-12-14)21-10-3-1-2-4-11-21/h7-8,12,15,18H,1-6,9-11,13H2,(H,20,22). The number of aromatic nitrogens is 1. The third kappa shape index (κ3) is 3.97. The van der Waals surface area contributed by atoms with Crippen molar-refractivity contribution in [3.05, 3.63) is 23.9 Å². The summed E-state index contributed by atoms with van der Waals surface area (Å²) in [7, 11) is 0. The van der Waals surface area contributed by atoms with E-state index in [0.29, 0.717) is 18.2 Å². The maximum atomic E-state index is 12.2. The zero-order chi connectivity index (χ0) is 15.2. The molecule has 22 heavy (non-hydrogen) atoms. The normalized spacial score (nSPS) is 22.4. The van der Waals surface area contributed by atoms with Crippen LogP contribution in [0.2, 0.25) is 0 Å². The van der Waals surface area contributed by atoms with Crippen molar-refractivity contribution in [2.45, 2.75) is 44.6 Å². The number of carbonyl (C=O) groups is 1. The highest BCUT2D eigenvalue weighted by Gasteiger charge is 2.16. The molecule has 5 nitrogen and oxygen atoms in total. The molecular weight excluding hydrogens is 276 g/mol. The van der Waals surface area contributed by atoms with Crippen LogP contribution in [0.3, 0.4) is 0 Å².